The van der Waals surface area contributed by atoms with Crippen molar-refractivity contribution in [3.63, 3.8) is 0 Å². The molecule has 100 valence electrons. The van der Waals surface area contributed by atoms with Gasteiger partial charge in [-0.3, -0.25) is 0 Å². The van der Waals surface area contributed by atoms with E-state index >= 15 is 0 Å². The molecule has 5 heteroatoms. The third-order valence-electron chi connectivity index (χ3n) is 1.70. The fourth-order valence-corrected chi connectivity index (χ4v) is 1.10. The van der Waals surface area contributed by atoms with Crippen molar-refractivity contribution in [1.29, 1.82) is 0 Å². The molecule has 1 heterocycles. The Morgan fingerprint density at radius 2 is 1.88 bits per heavy atom. The molecule has 1 rings (SSSR count). The van der Waals surface area contributed by atoms with E-state index in [0.717, 1.165) is 12.8 Å². The number of ether oxygens (including phenoxy) is 2. The summed E-state index contributed by atoms with van der Waals surface area (Å²) in [6.07, 6.45) is 1.02. The first-order valence-electron chi connectivity index (χ1n) is 5.54. The second kappa shape index (κ2) is 7.64. The van der Waals surface area contributed by atoms with Crippen molar-refractivity contribution >= 4 is 0 Å². The van der Waals surface area contributed by atoms with E-state index in [1.54, 1.807) is 14.0 Å². The van der Waals surface area contributed by atoms with Crippen molar-refractivity contribution in [2.45, 2.75) is 57.9 Å². The highest BCUT2D eigenvalue weighted by Gasteiger charge is 2.22. The fourth-order valence-electron chi connectivity index (χ4n) is 1.10. The zero-order valence-corrected chi connectivity index (χ0v) is 10.8. The molecular weight excluding hydrogens is 224 g/mol. The highest BCUT2D eigenvalue weighted by Crippen LogP contribution is 2.18. The van der Waals surface area contributed by atoms with Crippen LogP contribution in [0.25, 0.3) is 0 Å². The Balaban J connectivity index is 0.000000437. The quantitative estimate of drug-likeness (QED) is 0.456. The summed E-state index contributed by atoms with van der Waals surface area (Å²) in [7, 11) is 1.62. The van der Waals surface area contributed by atoms with Crippen LogP contribution in [0.5, 0.6) is 0 Å². The van der Waals surface area contributed by atoms with Crippen LogP contribution in [-0.2, 0) is 9.47 Å². The van der Waals surface area contributed by atoms with Gasteiger partial charge in [-0.25, -0.2) is 0 Å². The second-order valence-corrected chi connectivity index (χ2v) is 4.33. The summed E-state index contributed by atoms with van der Waals surface area (Å²) in [5.74, 6) is 4.00. The zero-order valence-electron chi connectivity index (χ0n) is 10.8. The van der Waals surface area contributed by atoms with Gasteiger partial charge in [-0.05, 0) is 27.2 Å². The average molecular weight is 246 g/mol. The zero-order chi connectivity index (χ0) is 13.5. The molecule has 0 aromatic heterocycles. The summed E-state index contributed by atoms with van der Waals surface area (Å²) < 4.78 is 10.3. The maximum Gasteiger partial charge on any atom is 0.159 e. The van der Waals surface area contributed by atoms with Gasteiger partial charge in [-0.1, -0.05) is 11.8 Å². The molecule has 0 spiro atoms. The van der Waals surface area contributed by atoms with E-state index in [1.165, 1.54) is 13.8 Å². The van der Waals surface area contributed by atoms with Gasteiger partial charge >= 0.3 is 0 Å². The Labute approximate surface area is 102 Å². The Bertz CT molecular complexity index is 252. The molecule has 1 aliphatic heterocycles. The van der Waals surface area contributed by atoms with Crippen LogP contribution < -0.4 is 0 Å². The molecular formula is C12H22O5. The summed E-state index contributed by atoms with van der Waals surface area (Å²) in [5, 5.41) is 25.0. The van der Waals surface area contributed by atoms with Gasteiger partial charge in [0.25, 0.3) is 0 Å². The molecule has 17 heavy (non-hydrogen) atoms. The van der Waals surface area contributed by atoms with Crippen molar-refractivity contribution in [2.24, 2.45) is 0 Å². The molecule has 1 aliphatic rings. The Hall–Kier alpha value is -0.640. The van der Waals surface area contributed by atoms with E-state index in [2.05, 4.69) is 11.8 Å². The predicted molar refractivity (Wildman–Crippen MR) is 62.9 cm³/mol. The van der Waals surface area contributed by atoms with Gasteiger partial charge in [-0.15, -0.1) is 0 Å². The largest absolute Gasteiger partial charge is 0.381 e. The minimum atomic E-state index is -1.50. The minimum Gasteiger partial charge on any atom is -0.381 e. The van der Waals surface area contributed by atoms with Crippen molar-refractivity contribution < 1.29 is 24.8 Å². The summed E-state index contributed by atoms with van der Waals surface area (Å²) in [6, 6.07) is 0. The van der Waals surface area contributed by atoms with Crippen LogP contribution in [0.15, 0.2) is 0 Å². The summed E-state index contributed by atoms with van der Waals surface area (Å²) >= 11 is 0. The van der Waals surface area contributed by atoms with Crippen LogP contribution in [-0.4, -0.2) is 46.7 Å². The molecule has 0 aliphatic carbocycles. The van der Waals surface area contributed by atoms with Crippen LogP contribution in [0.3, 0.4) is 0 Å². The van der Waals surface area contributed by atoms with Gasteiger partial charge < -0.3 is 24.8 Å². The van der Waals surface area contributed by atoms with Gasteiger partial charge in [0, 0.05) is 13.5 Å². The highest BCUT2D eigenvalue weighted by molar-refractivity contribution is 5.09. The maximum atomic E-state index is 8.88. The van der Waals surface area contributed by atoms with Crippen LogP contribution in [0.2, 0.25) is 0 Å². The lowest BCUT2D eigenvalue weighted by atomic mass is 10.2. The Kier molecular flexibility index (Phi) is 7.35. The summed E-state index contributed by atoms with van der Waals surface area (Å²) in [5.41, 5.74) is 0. The lowest BCUT2D eigenvalue weighted by molar-refractivity contribution is -0.127. The van der Waals surface area contributed by atoms with Gasteiger partial charge in [0.05, 0.1) is 0 Å². The van der Waals surface area contributed by atoms with Crippen LogP contribution in [0.1, 0.15) is 33.6 Å². The third kappa shape index (κ3) is 11.6. The summed E-state index contributed by atoms with van der Waals surface area (Å²) in [4.78, 5) is 0. The van der Waals surface area contributed by atoms with E-state index in [9.17, 15) is 0 Å². The number of rotatable bonds is 1. The van der Waals surface area contributed by atoms with E-state index in [1.807, 2.05) is 0 Å². The molecule has 0 amide bonds. The Morgan fingerprint density at radius 3 is 2.24 bits per heavy atom. The van der Waals surface area contributed by atoms with Crippen molar-refractivity contribution in [3.8, 4) is 11.8 Å². The monoisotopic (exact) mass is 246 g/mol. The predicted octanol–water partition coefficient (Wildman–Crippen LogP) is 0.229. The summed E-state index contributed by atoms with van der Waals surface area (Å²) in [6.45, 7) is 4.23. The molecule has 0 aromatic carbocycles. The second-order valence-electron chi connectivity index (χ2n) is 4.33. The van der Waals surface area contributed by atoms with Crippen LogP contribution in [0, 0.1) is 11.8 Å². The first-order chi connectivity index (χ1) is 7.72. The maximum absolute atomic E-state index is 8.88. The smallest absolute Gasteiger partial charge is 0.159 e. The standard InChI is InChI=1S/C9H14O3.C3H8O2/c1-7(10)3-4-8-5-6-9(11-2)12-8;1-3(2,4)5/h7-10H,5-6H2,1-2H3;4-5H,1-2H3. The first-order valence-corrected chi connectivity index (χ1v) is 5.54. The normalized spacial score (nSPS) is 25.4. The molecule has 0 bridgehead atoms. The number of aliphatic hydroxyl groups excluding tert-OH is 1. The molecule has 0 aromatic rings. The lowest BCUT2D eigenvalue weighted by Gasteiger charge is -2.06. The van der Waals surface area contributed by atoms with Crippen LogP contribution in [0.4, 0.5) is 0 Å². The molecule has 5 nitrogen and oxygen atoms in total. The molecule has 3 unspecified atom stereocenters. The number of hydrogen-bond acceptors (Lipinski definition) is 5. The average Bonchev–Trinajstić information content (AvgIpc) is 2.59. The molecule has 0 radical (unpaired) electrons. The van der Waals surface area contributed by atoms with Crippen molar-refractivity contribution in [2.75, 3.05) is 7.11 Å². The minimum absolute atomic E-state index is 0.0652. The number of hydrogen-bond donors (Lipinski definition) is 3. The van der Waals surface area contributed by atoms with Crippen molar-refractivity contribution in [1.82, 2.24) is 0 Å². The molecule has 3 atom stereocenters. The third-order valence-corrected chi connectivity index (χ3v) is 1.70. The topological polar surface area (TPSA) is 79.2 Å². The fraction of sp³-hybridized carbons (Fsp3) is 0.833. The first kappa shape index (κ1) is 16.4. The number of methoxy groups -OCH3 is 1. The van der Waals surface area contributed by atoms with E-state index in [0.29, 0.717) is 0 Å². The highest BCUT2D eigenvalue weighted by atomic mass is 16.7. The van der Waals surface area contributed by atoms with Gasteiger partial charge in [0.15, 0.2) is 12.1 Å². The molecule has 1 saturated heterocycles. The number of aliphatic hydroxyl groups is 3. The Morgan fingerprint density at radius 1 is 1.35 bits per heavy atom. The lowest BCUT2D eigenvalue weighted by Crippen LogP contribution is -2.15. The SMILES string of the molecule is CC(C)(O)O.COC1CCC(C#CC(C)O)O1. The molecule has 0 saturated carbocycles. The van der Waals surface area contributed by atoms with Crippen LogP contribution >= 0.6 is 0 Å². The van der Waals surface area contributed by atoms with Gasteiger partial charge in [-0.2, -0.15) is 0 Å². The molecule has 1 fully saturated rings. The van der Waals surface area contributed by atoms with E-state index < -0.39 is 11.9 Å². The van der Waals surface area contributed by atoms with E-state index in [-0.39, 0.29) is 12.4 Å². The molecule has 3 N–H and O–H groups in total. The van der Waals surface area contributed by atoms with Gasteiger partial charge in [0.2, 0.25) is 0 Å². The van der Waals surface area contributed by atoms with Gasteiger partial charge in [0.1, 0.15) is 12.2 Å². The van der Waals surface area contributed by atoms with Crippen molar-refractivity contribution in [3.05, 3.63) is 0 Å². The van der Waals surface area contributed by atoms with E-state index in [4.69, 9.17) is 24.8 Å².